The summed E-state index contributed by atoms with van der Waals surface area (Å²) in [7, 11) is 0. The van der Waals surface area contributed by atoms with Crippen LogP contribution in [0.15, 0.2) is 24.8 Å². The van der Waals surface area contributed by atoms with E-state index in [1.54, 1.807) is 0 Å². The third-order valence-corrected chi connectivity index (χ3v) is 10.00. The summed E-state index contributed by atoms with van der Waals surface area (Å²) in [5, 5.41) is 11.0. The van der Waals surface area contributed by atoms with Crippen molar-refractivity contribution in [1.29, 1.82) is 0 Å². The van der Waals surface area contributed by atoms with Gasteiger partial charge in [-0.05, 0) is 48.0 Å². The molecular weight excluding hydrogens is 640 g/mol. The number of urea groups is 1. The van der Waals surface area contributed by atoms with Gasteiger partial charge in [0, 0.05) is 32.5 Å². The first kappa shape index (κ1) is 40.4. The third-order valence-electron chi connectivity index (χ3n) is 10.00. The summed E-state index contributed by atoms with van der Waals surface area (Å²) in [5.74, 6) is -3.39. The van der Waals surface area contributed by atoms with E-state index in [1.807, 2.05) is 41.5 Å². The Morgan fingerprint density at radius 2 is 1.60 bits per heavy atom. The second-order valence-electron chi connectivity index (χ2n) is 15.9. The van der Waals surface area contributed by atoms with E-state index in [9.17, 15) is 33.6 Å². The largest absolute Gasteiger partial charge is 0.346 e. The topological polar surface area (TPSA) is 174 Å². The summed E-state index contributed by atoms with van der Waals surface area (Å²) in [6.07, 6.45) is 7.24. The number of hydrogen-bond donors (Lipinski definition) is 4. The van der Waals surface area contributed by atoms with Gasteiger partial charge in [-0.25, -0.2) is 4.79 Å². The lowest BCUT2D eigenvalue weighted by molar-refractivity contribution is -0.153. The lowest BCUT2D eigenvalue weighted by Gasteiger charge is -2.40. The Labute approximate surface area is 296 Å². The molecule has 3 fully saturated rings. The highest BCUT2D eigenvalue weighted by Gasteiger charge is 2.44. The lowest BCUT2D eigenvalue weighted by atomic mass is 9.80. The SMILES string of the molecule is C=CCNC(=O)C(=O)C(CCC)NC(=O)[C@@H]1C(=C)CCN1C(=O)[C@@H](NC(=O)N[C@H](CN1C(=O)CC(C)(C)CC1=O)C(C)(C)C)C1CCCCC1. The molecule has 3 aliphatic rings. The summed E-state index contributed by atoms with van der Waals surface area (Å²) >= 11 is 0. The van der Waals surface area contributed by atoms with Crippen LogP contribution in [0.4, 0.5) is 4.79 Å². The molecule has 1 unspecified atom stereocenters. The van der Waals surface area contributed by atoms with Crippen molar-refractivity contribution in [1.82, 2.24) is 31.1 Å². The number of likely N-dealkylation sites (tertiary alicyclic amines) is 2. The molecule has 13 heteroatoms. The average Bonchev–Trinajstić information content (AvgIpc) is 3.43. The first-order valence-electron chi connectivity index (χ1n) is 18.0. The van der Waals surface area contributed by atoms with Gasteiger partial charge in [0.2, 0.25) is 29.4 Å². The van der Waals surface area contributed by atoms with E-state index >= 15 is 0 Å². The van der Waals surface area contributed by atoms with Gasteiger partial charge in [-0.3, -0.25) is 33.7 Å². The van der Waals surface area contributed by atoms with E-state index in [-0.39, 0.29) is 56.6 Å². The molecular formula is C37H58N6O7. The molecule has 0 aromatic rings. The molecule has 278 valence electrons. The van der Waals surface area contributed by atoms with Gasteiger partial charge in [0.1, 0.15) is 12.1 Å². The van der Waals surface area contributed by atoms with E-state index in [1.165, 1.54) is 15.9 Å². The Morgan fingerprint density at radius 3 is 2.16 bits per heavy atom. The maximum atomic E-state index is 14.4. The molecule has 0 aromatic heterocycles. The number of hydrogen-bond acceptors (Lipinski definition) is 7. The van der Waals surface area contributed by atoms with Crippen molar-refractivity contribution in [3.8, 4) is 0 Å². The minimum atomic E-state index is -1.08. The number of amides is 7. The molecule has 1 saturated carbocycles. The van der Waals surface area contributed by atoms with E-state index in [2.05, 4.69) is 34.4 Å². The summed E-state index contributed by atoms with van der Waals surface area (Å²) in [6, 6.07) is -4.33. The van der Waals surface area contributed by atoms with Crippen LogP contribution >= 0.6 is 0 Å². The number of carbonyl (C=O) groups excluding carboxylic acids is 7. The van der Waals surface area contributed by atoms with Crippen LogP contribution in [0.5, 0.6) is 0 Å². The van der Waals surface area contributed by atoms with Crippen molar-refractivity contribution in [2.75, 3.05) is 19.6 Å². The van der Waals surface area contributed by atoms with Gasteiger partial charge in [-0.2, -0.15) is 0 Å². The zero-order valence-electron chi connectivity index (χ0n) is 30.8. The highest BCUT2D eigenvalue weighted by Crippen LogP contribution is 2.33. The maximum Gasteiger partial charge on any atom is 0.315 e. The van der Waals surface area contributed by atoms with Crippen LogP contribution in [-0.2, 0) is 28.8 Å². The van der Waals surface area contributed by atoms with Crippen molar-refractivity contribution in [2.45, 2.75) is 130 Å². The number of piperidine rings is 1. The van der Waals surface area contributed by atoms with Crippen LogP contribution in [-0.4, -0.2) is 95.0 Å². The Kier molecular flexibility index (Phi) is 13.9. The average molecular weight is 699 g/mol. The molecule has 1 aliphatic carbocycles. The molecule has 7 amide bonds. The van der Waals surface area contributed by atoms with Gasteiger partial charge in [-0.15, -0.1) is 6.58 Å². The van der Waals surface area contributed by atoms with E-state index in [0.29, 0.717) is 31.3 Å². The summed E-state index contributed by atoms with van der Waals surface area (Å²) < 4.78 is 0. The van der Waals surface area contributed by atoms with Crippen LogP contribution in [0.2, 0.25) is 0 Å². The monoisotopic (exact) mass is 698 g/mol. The van der Waals surface area contributed by atoms with E-state index < -0.39 is 64.5 Å². The molecule has 0 bridgehead atoms. The van der Waals surface area contributed by atoms with Crippen LogP contribution in [0.25, 0.3) is 0 Å². The van der Waals surface area contributed by atoms with Crippen molar-refractivity contribution in [2.24, 2.45) is 16.7 Å². The van der Waals surface area contributed by atoms with Crippen molar-refractivity contribution < 1.29 is 33.6 Å². The molecule has 13 nitrogen and oxygen atoms in total. The number of imide groups is 1. The summed E-state index contributed by atoms with van der Waals surface area (Å²) in [5.41, 5.74) is -0.476. The number of nitrogens with one attached hydrogen (secondary N) is 4. The molecule has 2 saturated heterocycles. The van der Waals surface area contributed by atoms with Crippen molar-refractivity contribution in [3.63, 3.8) is 0 Å². The standard InChI is InChI=1S/C37H58N6O7/c1-9-14-25(31(46)33(48)38-18-10-2)39-32(47)30-23(3)17-19-42(30)34(49)29(24-15-12-11-13-16-24)41-35(50)40-26(36(4,5)6)22-43-27(44)20-37(7,8)21-28(43)45/h10,24-26,29-30H,2-3,9,11-22H2,1,4-8H3,(H,38,48)(H,39,47)(H2,40,41,50)/t25?,26-,29+,30+/m1/s1. The number of nitrogens with zero attached hydrogens (tertiary/aromatic N) is 2. The Morgan fingerprint density at radius 1 is 0.980 bits per heavy atom. The molecule has 2 aliphatic heterocycles. The predicted octanol–water partition coefficient (Wildman–Crippen LogP) is 3.14. The lowest BCUT2D eigenvalue weighted by Crippen LogP contribution is -2.61. The molecule has 4 atom stereocenters. The number of ketones is 1. The quantitative estimate of drug-likeness (QED) is 0.123. The molecule has 4 N–H and O–H groups in total. The predicted molar refractivity (Wildman–Crippen MR) is 189 cm³/mol. The fourth-order valence-corrected chi connectivity index (χ4v) is 7.03. The summed E-state index contributed by atoms with van der Waals surface area (Å²) in [6.45, 7) is 19.2. The minimum absolute atomic E-state index is 0.00413. The van der Waals surface area contributed by atoms with Crippen LogP contribution < -0.4 is 21.3 Å². The van der Waals surface area contributed by atoms with Gasteiger partial charge in [0.15, 0.2) is 0 Å². The highest BCUT2D eigenvalue weighted by atomic mass is 16.2. The van der Waals surface area contributed by atoms with E-state index in [0.717, 1.165) is 19.3 Å². The second-order valence-corrected chi connectivity index (χ2v) is 15.9. The molecule has 3 rings (SSSR count). The third kappa shape index (κ3) is 10.5. The fraction of sp³-hybridized carbons (Fsp3) is 0.703. The van der Waals surface area contributed by atoms with Gasteiger partial charge in [-0.1, -0.05) is 79.9 Å². The minimum Gasteiger partial charge on any atom is -0.346 e. The zero-order chi connectivity index (χ0) is 37.4. The molecule has 50 heavy (non-hydrogen) atoms. The number of rotatable bonds is 14. The normalized spacial score (nSPS) is 21.6. The molecule has 0 radical (unpaired) electrons. The number of Topliss-reactive ketones (excluding diaryl/α,β-unsaturated/α-hetero) is 1. The van der Waals surface area contributed by atoms with Crippen molar-refractivity contribution >= 4 is 41.4 Å². The Hall–Kier alpha value is -4.03. The first-order chi connectivity index (χ1) is 23.4. The maximum absolute atomic E-state index is 14.4. The van der Waals surface area contributed by atoms with Crippen LogP contribution in [0, 0.1) is 16.7 Å². The highest BCUT2D eigenvalue weighted by molar-refractivity contribution is 6.38. The molecule has 0 aromatic carbocycles. The van der Waals surface area contributed by atoms with Crippen LogP contribution in [0.1, 0.15) is 106 Å². The molecule has 0 spiro atoms. The van der Waals surface area contributed by atoms with Gasteiger partial charge < -0.3 is 26.2 Å². The zero-order valence-corrected chi connectivity index (χ0v) is 30.8. The van der Waals surface area contributed by atoms with Crippen molar-refractivity contribution in [3.05, 3.63) is 24.8 Å². The van der Waals surface area contributed by atoms with Gasteiger partial charge in [0.25, 0.3) is 5.91 Å². The van der Waals surface area contributed by atoms with Gasteiger partial charge >= 0.3 is 6.03 Å². The first-order valence-corrected chi connectivity index (χ1v) is 18.0. The number of carbonyl (C=O) groups is 7. The molecule has 2 heterocycles. The Bertz CT molecular complexity index is 1330. The van der Waals surface area contributed by atoms with E-state index in [4.69, 9.17) is 0 Å². The van der Waals surface area contributed by atoms with Gasteiger partial charge in [0.05, 0.1) is 12.1 Å². The summed E-state index contributed by atoms with van der Waals surface area (Å²) in [4.78, 5) is 95.7. The Balaban J connectivity index is 1.81. The smallest absolute Gasteiger partial charge is 0.315 e. The second kappa shape index (κ2) is 17.3. The fourth-order valence-electron chi connectivity index (χ4n) is 7.03. The van der Waals surface area contributed by atoms with Crippen LogP contribution in [0.3, 0.4) is 0 Å².